The summed E-state index contributed by atoms with van der Waals surface area (Å²) in [4.78, 5) is 39.1. The predicted molar refractivity (Wildman–Crippen MR) is 233 cm³/mol. The number of aromatic hydroxyl groups is 2. The molecule has 0 saturated carbocycles. The Kier molecular flexibility index (Phi) is 13.8. The van der Waals surface area contributed by atoms with Crippen LogP contribution in [-0.4, -0.2) is 95.8 Å². The number of hydrogen-bond acceptors (Lipinski definition) is 14. The second-order valence-corrected chi connectivity index (χ2v) is 14.6. The fourth-order valence-electron chi connectivity index (χ4n) is 7.13. The smallest absolute Gasteiger partial charge is 0.207 e. The van der Waals surface area contributed by atoms with Crippen molar-refractivity contribution in [3.8, 4) is 17.2 Å². The number of benzene rings is 4. The van der Waals surface area contributed by atoms with Gasteiger partial charge in [0.1, 0.15) is 22.8 Å². The zero-order chi connectivity index (χ0) is 41.3. The van der Waals surface area contributed by atoms with E-state index in [4.69, 9.17) is 15.6 Å². The fourth-order valence-corrected chi connectivity index (χ4v) is 8.32. The van der Waals surface area contributed by atoms with E-state index < -0.39 is 5.43 Å². The zero-order valence-electron chi connectivity index (χ0n) is 32.9. The first-order valence-corrected chi connectivity index (χ1v) is 20.1. The van der Waals surface area contributed by atoms with E-state index in [0.29, 0.717) is 77.9 Å². The number of ether oxygens (including phenoxy) is 1. The molecule has 15 nitrogen and oxygen atoms in total. The summed E-state index contributed by atoms with van der Waals surface area (Å²) in [6, 6.07) is 15.7. The number of anilines is 2. The van der Waals surface area contributed by atoms with Gasteiger partial charge in [-0.2, -0.15) is 5.10 Å². The van der Waals surface area contributed by atoms with Gasteiger partial charge in [0, 0.05) is 70.8 Å². The summed E-state index contributed by atoms with van der Waals surface area (Å²) in [5.74, 6) is 0.331. The Labute approximate surface area is 338 Å². The molecule has 7 rings (SSSR count). The van der Waals surface area contributed by atoms with Crippen molar-refractivity contribution in [3.05, 3.63) is 86.3 Å². The van der Waals surface area contributed by atoms with Crippen LogP contribution in [0.25, 0.3) is 47.4 Å². The number of phenolic OH excluding ortho intramolecular Hbond substituents is 1. The fraction of sp³-hybridized carbons (Fsp3) is 0.333. The van der Waals surface area contributed by atoms with Crippen LogP contribution in [0, 0.1) is 0 Å². The topological polar surface area (TPSA) is 216 Å². The lowest BCUT2D eigenvalue weighted by molar-refractivity contribution is -0.109. The Balaban J connectivity index is 0.000000196. The number of rotatable bonds is 18. The summed E-state index contributed by atoms with van der Waals surface area (Å²) in [5, 5.41) is 50.2. The van der Waals surface area contributed by atoms with E-state index in [1.54, 1.807) is 24.5 Å². The van der Waals surface area contributed by atoms with Gasteiger partial charge >= 0.3 is 0 Å². The maximum absolute atomic E-state index is 13.4. The molecule has 0 atom stereocenters. The lowest BCUT2D eigenvalue weighted by atomic mass is 10.0. The summed E-state index contributed by atoms with van der Waals surface area (Å²) in [7, 11) is 1.60. The van der Waals surface area contributed by atoms with Crippen molar-refractivity contribution in [2.75, 3.05) is 70.2 Å². The first-order valence-electron chi connectivity index (χ1n) is 19.3. The number of nitrogens with two attached hydrogens (primary N) is 1. The van der Waals surface area contributed by atoms with E-state index in [-0.39, 0.29) is 34.4 Å². The van der Waals surface area contributed by atoms with Crippen LogP contribution < -0.4 is 42.6 Å². The number of fused-ring (bicyclic) bond motifs is 4. The minimum atomic E-state index is -0.402. The van der Waals surface area contributed by atoms with Gasteiger partial charge in [0.05, 0.1) is 41.1 Å². The minimum Gasteiger partial charge on any atom is -0.506 e. The standard InChI is InChI=1S/C22H27N3O3S.C20H23N5O4/c1-4-25(5-2)11-10-24-18-8-6-15(13-23-14-26)22-20(18)21(27)17-12-16(28-3)7-9-19(17)29-22;21-6-1-7-23-12-3-2-11-13(10-22-8-9-26)24-25-18(11)16(12)20(29)17-14(27)4-5-15(28)19(17)25/h6-9,12,14,24H,4-5,10-11,13H2,1-3H3,(H,23,26);2-5,22-23,26,28-29H,1,6-10,21H2. The van der Waals surface area contributed by atoms with Gasteiger partial charge in [0.25, 0.3) is 0 Å². The van der Waals surface area contributed by atoms with Crippen molar-refractivity contribution in [3.63, 3.8) is 0 Å². The predicted octanol–water partition coefficient (Wildman–Crippen LogP) is 4.12. The highest BCUT2D eigenvalue weighted by Gasteiger charge is 2.23. The quantitative estimate of drug-likeness (QED) is 0.0349. The average Bonchev–Trinajstić information content (AvgIpc) is 3.60. The number of nitrogens with zero attached hydrogens (tertiary/aromatic N) is 3. The van der Waals surface area contributed by atoms with Crippen LogP contribution in [0.4, 0.5) is 11.4 Å². The highest BCUT2D eigenvalue weighted by atomic mass is 32.1. The first kappa shape index (κ1) is 41.8. The third-order valence-corrected chi connectivity index (χ3v) is 11.4. The molecule has 0 fully saturated rings. The minimum absolute atomic E-state index is 0.00314. The van der Waals surface area contributed by atoms with Crippen LogP contribution in [0.2, 0.25) is 0 Å². The molecule has 0 aliphatic rings. The van der Waals surface area contributed by atoms with Crippen molar-refractivity contribution in [2.24, 2.45) is 5.73 Å². The number of carbonyl (C=O) groups is 1. The van der Waals surface area contributed by atoms with Gasteiger partial charge in [-0.25, -0.2) is 4.52 Å². The number of nitrogens with one attached hydrogen (secondary N) is 4. The molecular weight excluding hydrogens is 761 g/mol. The molecule has 0 saturated heterocycles. The van der Waals surface area contributed by atoms with Crippen molar-refractivity contribution in [1.82, 2.24) is 25.1 Å². The Morgan fingerprint density at radius 3 is 2.38 bits per heavy atom. The molecule has 7 aromatic rings. The van der Waals surface area contributed by atoms with Crippen LogP contribution in [-0.2, 0) is 17.9 Å². The number of phenols is 1. The summed E-state index contributed by atoms with van der Waals surface area (Å²) in [6.07, 6.45) is 1.43. The highest BCUT2D eigenvalue weighted by Crippen LogP contribution is 2.42. The number of aliphatic hydroxyl groups is 1. The third-order valence-electron chi connectivity index (χ3n) is 10.1. The van der Waals surface area contributed by atoms with Gasteiger partial charge in [-0.05, 0) is 80.1 Å². The number of amides is 1. The summed E-state index contributed by atoms with van der Waals surface area (Å²) in [6.45, 7) is 10.2. The number of hydrogen-bond donors (Lipinski definition) is 8. The number of likely N-dealkylation sites (N-methyl/N-ethyl adjacent to an activating group) is 1. The zero-order valence-corrected chi connectivity index (χ0v) is 33.7. The largest absolute Gasteiger partial charge is 0.506 e. The Morgan fingerprint density at radius 2 is 1.66 bits per heavy atom. The maximum atomic E-state index is 13.4. The van der Waals surface area contributed by atoms with Crippen molar-refractivity contribution >= 4 is 76.5 Å². The number of aromatic nitrogens is 2. The molecule has 0 aliphatic carbocycles. The Bertz CT molecular complexity index is 2660. The summed E-state index contributed by atoms with van der Waals surface area (Å²) < 4.78 is 8.62. The normalized spacial score (nSPS) is 11.5. The van der Waals surface area contributed by atoms with E-state index in [1.165, 1.54) is 16.6 Å². The number of carbonyl (C=O) groups excluding carboxylic acids is 1. The summed E-state index contributed by atoms with van der Waals surface area (Å²) in [5.41, 5.74) is 9.02. The molecule has 3 heterocycles. The Morgan fingerprint density at radius 1 is 0.897 bits per heavy atom. The lowest BCUT2D eigenvalue weighted by Crippen LogP contribution is -2.28. The van der Waals surface area contributed by atoms with E-state index in [0.717, 1.165) is 58.6 Å². The molecule has 9 N–H and O–H groups in total. The van der Waals surface area contributed by atoms with E-state index >= 15 is 0 Å². The van der Waals surface area contributed by atoms with Gasteiger partial charge in [-0.3, -0.25) is 14.4 Å². The van der Waals surface area contributed by atoms with Gasteiger partial charge in [0.2, 0.25) is 6.41 Å². The van der Waals surface area contributed by atoms with Crippen LogP contribution >= 0.6 is 11.3 Å². The van der Waals surface area contributed by atoms with Crippen LogP contribution in [0.1, 0.15) is 31.5 Å². The molecule has 0 radical (unpaired) electrons. The average molecular weight is 811 g/mol. The van der Waals surface area contributed by atoms with E-state index in [9.17, 15) is 24.6 Å². The molecule has 0 unspecified atom stereocenters. The molecule has 3 aromatic heterocycles. The van der Waals surface area contributed by atoms with E-state index in [1.807, 2.05) is 36.4 Å². The molecule has 0 aliphatic heterocycles. The SMILES string of the molecule is CCN(CC)CCNc1ccc(CNC=O)c2sc3ccc(OC)cc3c(=O)c12.NCCCNc1ccc2c(CNCCO)nn3c4c(O)ccc(=O)c4c(O)c1c23. The highest BCUT2D eigenvalue weighted by molar-refractivity contribution is 7.24. The number of methoxy groups -OCH3 is 1. The third kappa shape index (κ3) is 8.42. The lowest BCUT2D eigenvalue weighted by Gasteiger charge is -2.19. The molecule has 16 heteroatoms. The van der Waals surface area contributed by atoms with Crippen LogP contribution in [0.5, 0.6) is 17.2 Å². The van der Waals surface area contributed by atoms with Gasteiger partial charge < -0.3 is 52.0 Å². The molecule has 306 valence electrons. The molecule has 0 bridgehead atoms. The molecule has 4 aromatic carbocycles. The molecule has 1 amide bonds. The second kappa shape index (κ2) is 19.1. The maximum Gasteiger partial charge on any atom is 0.207 e. The Hall–Kier alpha value is -5.78. The van der Waals surface area contributed by atoms with E-state index in [2.05, 4.69) is 45.1 Å². The van der Waals surface area contributed by atoms with Crippen molar-refractivity contribution < 1.29 is 24.9 Å². The molecular formula is C42H50N8O7S. The molecule has 58 heavy (non-hydrogen) atoms. The number of pyridine rings is 1. The first-order chi connectivity index (χ1) is 28.2. The second-order valence-electron chi connectivity index (χ2n) is 13.6. The van der Waals surface area contributed by atoms with Gasteiger partial charge in [-0.15, -0.1) is 11.3 Å². The van der Waals surface area contributed by atoms with Crippen LogP contribution in [0.15, 0.2) is 64.2 Å². The summed E-state index contributed by atoms with van der Waals surface area (Å²) >= 11 is 1.56. The van der Waals surface area contributed by atoms with Gasteiger partial charge in [0.15, 0.2) is 10.9 Å². The van der Waals surface area contributed by atoms with Gasteiger partial charge in [-0.1, -0.05) is 19.9 Å². The number of aliphatic hydroxyl groups excluding tert-OH is 1. The van der Waals surface area contributed by atoms with Crippen molar-refractivity contribution in [2.45, 2.75) is 33.4 Å². The molecule has 0 spiro atoms. The van der Waals surface area contributed by atoms with Crippen molar-refractivity contribution in [1.29, 1.82) is 0 Å². The van der Waals surface area contributed by atoms with Crippen LogP contribution in [0.3, 0.4) is 0 Å². The monoisotopic (exact) mass is 810 g/mol.